The molecule has 2 amide bonds. The molecular formula is C12H11N4NaO4S3. The first kappa shape index (κ1) is 19.7. The zero-order valence-electron chi connectivity index (χ0n) is 12.8. The van der Waals surface area contributed by atoms with E-state index in [-0.39, 0.29) is 52.8 Å². The molecule has 122 valence electrons. The number of β-lactam (4-membered cyclic amide) rings is 1. The van der Waals surface area contributed by atoms with Crippen LogP contribution < -0.4 is 40.0 Å². The Morgan fingerprint density at radius 3 is 2.88 bits per heavy atom. The van der Waals surface area contributed by atoms with Crippen LogP contribution in [0.15, 0.2) is 22.1 Å². The number of carboxylic acids is 1. The van der Waals surface area contributed by atoms with Crippen molar-refractivity contribution in [2.45, 2.75) is 27.4 Å². The van der Waals surface area contributed by atoms with Gasteiger partial charge in [-0.3, -0.25) is 14.5 Å². The van der Waals surface area contributed by atoms with Crippen LogP contribution in [0.4, 0.5) is 0 Å². The standard InChI is InChI=1S/C12H12N4O4S3.Na/c1-5-12(2,10(19)20)23-9-7(8(18)16(5)9)14-6(17)3-21-11-15-13-4-22-11;/h4,7,9H,1,3H2,2H3,(H,14,17)(H,19,20);/q;+1/p-1/t7?,9-,12?;/m1./s1. The van der Waals surface area contributed by atoms with Gasteiger partial charge in [0.15, 0.2) is 4.34 Å². The molecule has 2 unspecified atom stereocenters. The summed E-state index contributed by atoms with van der Waals surface area (Å²) in [6.45, 7) is 5.13. The third-order valence-electron chi connectivity index (χ3n) is 3.61. The van der Waals surface area contributed by atoms with E-state index in [1.54, 1.807) is 5.51 Å². The monoisotopic (exact) mass is 394 g/mol. The number of carbonyl (C=O) groups excluding carboxylic acids is 3. The van der Waals surface area contributed by atoms with Crippen LogP contribution in [0.5, 0.6) is 0 Å². The number of hydrogen-bond donors (Lipinski definition) is 1. The smallest absolute Gasteiger partial charge is 0.548 e. The minimum atomic E-state index is -1.36. The van der Waals surface area contributed by atoms with Crippen molar-refractivity contribution in [2.24, 2.45) is 0 Å². The molecular weight excluding hydrogens is 383 g/mol. The summed E-state index contributed by atoms with van der Waals surface area (Å²) in [4.78, 5) is 36.7. The fourth-order valence-corrected chi connectivity index (χ4v) is 5.05. The van der Waals surface area contributed by atoms with Gasteiger partial charge in [0.25, 0.3) is 5.91 Å². The number of fused-ring (bicyclic) bond motifs is 1. The van der Waals surface area contributed by atoms with Gasteiger partial charge in [-0.2, -0.15) is 0 Å². The number of amides is 2. The molecule has 0 bridgehead atoms. The molecule has 12 heteroatoms. The SMILES string of the molecule is C=C1N2C(=O)C(NC(=O)CSc3nncs3)[C@H]2SC1(C)C(=O)[O-].[Na+]. The second-order valence-electron chi connectivity index (χ2n) is 5.02. The van der Waals surface area contributed by atoms with Crippen molar-refractivity contribution in [1.82, 2.24) is 20.4 Å². The zero-order valence-corrected chi connectivity index (χ0v) is 17.3. The molecule has 0 spiro atoms. The van der Waals surface area contributed by atoms with Gasteiger partial charge in [0.05, 0.1) is 16.5 Å². The molecule has 1 aromatic rings. The van der Waals surface area contributed by atoms with E-state index in [9.17, 15) is 19.5 Å². The fourth-order valence-electron chi connectivity index (χ4n) is 2.28. The first-order valence-electron chi connectivity index (χ1n) is 6.44. The molecule has 2 aliphatic heterocycles. The number of aliphatic carboxylic acids is 1. The van der Waals surface area contributed by atoms with Crippen LogP contribution in [-0.4, -0.2) is 54.8 Å². The fraction of sp³-hybridized carbons (Fsp3) is 0.417. The molecule has 24 heavy (non-hydrogen) atoms. The molecule has 1 aromatic heterocycles. The number of nitrogens with zero attached hydrogens (tertiary/aromatic N) is 3. The average Bonchev–Trinajstić information content (AvgIpc) is 3.09. The third-order valence-corrected chi connectivity index (χ3v) is 7.07. The van der Waals surface area contributed by atoms with Gasteiger partial charge >= 0.3 is 29.6 Å². The van der Waals surface area contributed by atoms with E-state index in [1.807, 2.05) is 0 Å². The van der Waals surface area contributed by atoms with E-state index in [0.717, 1.165) is 11.8 Å². The van der Waals surface area contributed by atoms with E-state index >= 15 is 0 Å². The summed E-state index contributed by atoms with van der Waals surface area (Å²) >= 11 is 3.59. The number of carbonyl (C=O) groups is 3. The molecule has 3 rings (SSSR count). The van der Waals surface area contributed by atoms with Crippen molar-refractivity contribution < 1.29 is 49.0 Å². The van der Waals surface area contributed by atoms with E-state index in [0.29, 0.717) is 4.34 Å². The quantitative estimate of drug-likeness (QED) is 0.306. The summed E-state index contributed by atoms with van der Waals surface area (Å²) in [6, 6.07) is -0.750. The number of hydrogen-bond acceptors (Lipinski definition) is 9. The minimum Gasteiger partial charge on any atom is -0.548 e. The summed E-state index contributed by atoms with van der Waals surface area (Å²) in [6.07, 6.45) is 0. The number of carboxylic acid groups (broad SMARTS) is 1. The van der Waals surface area contributed by atoms with Gasteiger partial charge in [0.1, 0.15) is 16.9 Å². The molecule has 0 aromatic carbocycles. The second-order valence-corrected chi connectivity index (χ2v) is 8.61. The number of thioether (sulfide) groups is 2. The van der Waals surface area contributed by atoms with E-state index < -0.39 is 22.1 Å². The van der Waals surface area contributed by atoms with Crippen molar-refractivity contribution in [2.75, 3.05) is 5.75 Å². The van der Waals surface area contributed by atoms with Crippen molar-refractivity contribution in [3.05, 3.63) is 17.8 Å². The van der Waals surface area contributed by atoms with Gasteiger partial charge in [-0.1, -0.05) is 29.7 Å². The van der Waals surface area contributed by atoms with Crippen LogP contribution in [0.2, 0.25) is 0 Å². The summed E-state index contributed by atoms with van der Waals surface area (Å²) in [5, 5.41) is 20.9. The maximum atomic E-state index is 12.1. The first-order chi connectivity index (χ1) is 10.8. The minimum absolute atomic E-state index is 0. The largest absolute Gasteiger partial charge is 1.00 e. The van der Waals surface area contributed by atoms with Crippen LogP contribution in [0.3, 0.4) is 0 Å². The van der Waals surface area contributed by atoms with E-state index in [1.165, 1.54) is 34.9 Å². The average molecular weight is 394 g/mol. The van der Waals surface area contributed by atoms with Crippen LogP contribution in [0.1, 0.15) is 6.92 Å². The molecule has 3 atom stereocenters. The Morgan fingerprint density at radius 2 is 2.29 bits per heavy atom. The number of rotatable bonds is 5. The molecule has 8 nitrogen and oxygen atoms in total. The topological polar surface area (TPSA) is 115 Å². The van der Waals surface area contributed by atoms with Crippen LogP contribution in [0, 0.1) is 0 Å². The predicted octanol–water partition coefficient (Wildman–Crippen LogP) is -3.94. The van der Waals surface area contributed by atoms with Crippen LogP contribution in [-0.2, 0) is 14.4 Å². The molecule has 2 aliphatic rings. The summed E-state index contributed by atoms with van der Waals surface area (Å²) in [5.74, 6) is -1.87. The second kappa shape index (κ2) is 7.34. The Hall–Kier alpha value is -0.590. The predicted molar refractivity (Wildman–Crippen MR) is 83.3 cm³/mol. The maximum Gasteiger partial charge on any atom is 1.00 e. The first-order valence-corrected chi connectivity index (χ1v) is 9.19. The van der Waals surface area contributed by atoms with E-state index in [4.69, 9.17) is 0 Å². The van der Waals surface area contributed by atoms with Crippen molar-refractivity contribution in [3.63, 3.8) is 0 Å². The van der Waals surface area contributed by atoms with Crippen LogP contribution in [0.25, 0.3) is 0 Å². The third kappa shape index (κ3) is 3.25. The molecule has 0 aliphatic carbocycles. The van der Waals surface area contributed by atoms with Crippen molar-refractivity contribution in [3.8, 4) is 0 Å². The Kier molecular flexibility index (Phi) is 6.03. The number of aromatic nitrogens is 2. The van der Waals surface area contributed by atoms with Crippen molar-refractivity contribution >= 4 is 52.6 Å². The van der Waals surface area contributed by atoms with Gasteiger partial charge in [-0.25, -0.2) is 0 Å². The summed E-state index contributed by atoms with van der Waals surface area (Å²) < 4.78 is -0.698. The molecule has 1 N–H and O–H groups in total. The normalized spacial score (nSPS) is 28.0. The Bertz CT molecular complexity index is 700. The van der Waals surface area contributed by atoms with E-state index in [2.05, 4.69) is 22.1 Å². The summed E-state index contributed by atoms with van der Waals surface area (Å²) in [7, 11) is 0. The van der Waals surface area contributed by atoms with Gasteiger partial charge in [-0.15, -0.1) is 22.0 Å². The molecule has 3 heterocycles. The molecule has 2 saturated heterocycles. The molecule has 0 radical (unpaired) electrons. The number of nitrogens with one attached hydrogen (secondary N) is 1. The van der Waals surface area contributed by atoms with Gasteiger partial charge in [0, 0.05) is 5.70 Å². The zero-order chi connectivity index (χ0) is 16.8. The molecule has 0 saturated carbocycles. The van der Waals surface area contributed by atoms with Crippen LogP contribution >= 0.6 is 34.9 Å². The Morgan fingerprint density at radius 1 is 1.58 bits per heavy atom. The molecule has 2 fully saturated rings. The van der Waals surface area contributed by atoms with Gasteiger partial charge in [0.2, 0.25) is 5.91 Å². The van der Waals surface area contributed by atoms with Gasteiger partial charge in [-0.05, 0) is 6.92 Å². The maximum absolute atomic E-state index is 12.1. The van der Waals surface area contributed by atoms with Crippen molar-refractivity contribution in [1.29, 1.82) is 0 Å². The Balaban J connectivity index is 0.00000208. The summed E-state index contributed by atoms with van der Waals surface area (Å²) in [5.41, 5.74) is 1.75. The van der Waals surface area contributed by atoms with Gasteiger partial charge < -0.3 is 15.2 Å². The Labute approximate surface area is 172 Å².